The number of carbonyl (C=O) groups is 3. The number of para-hydroxylation sites is 1. The standard InChI is InChI=1S/C19H16N4O5/c1-11-7-19(9-20,10-21)16-14(17(25)23(16)15(11)18(26)27)22-13(24)8-28-12-5-3-2-4-6-12/h2-6,14,16H,7-8H2,1H3,(H,22,24)(H,26,27)/t14-,16-/m0/s1. The molecule has 0 aliphatic carbocycles. The zero-order chi connectivity index (χ0) is 20.5. The molecule has 2 aliphatic heterocycles. The van der Waals surface area contributed by atoms with Gasteiger partial charge in [0.2, 0.25) is 0 Å². The lowest BCUT2D eigenvalue weighted by Crippen LogP contribution is -2.76. The van der Waals surface area contributed by atoms with E-state index in [2.05, 4.69) is 5.32 Å². The highest BCUT2D eigenvalue weighted by atomic mass is 16.5. The molecule has 2 heterocycles. The maximum absolute atomic E-state index is 12.5. The van der Waals surface area contributed by atoms with Crippen molar-refractivity contribution in [3.8, 4) is 17.9 Å². The molecule has 9 heteroatoms. The minimum atomic E-state index is -1.64. The Hall–Kier alpha value is -3.85. The van der Waals surface area contributed by atoms with Gasteiger partial charge in [-0.25, -0.2) is 4.79 Å². The van der Waals surface area contributed by atoms with Crippen molar-refractivity contribution >= 4 is 17.8 Å². The van der Waals surface area contributed by atoms with Crippen LogP contribution in [0.15, 0.2) is 41.6 Å². The first-order chi connectivity index (χ1) is 13.3. The van der Waals surface area contributed by atoms with Gasteiger partial charge in [-0.15, -0.1) is 0 Å². The van der Waals surface area contributed by atoms with Gasteiger partial charge in [0.05, 0.1) is 18.2 Å². The fourth-order valence-corrected chi connectivity index (χ4v) is 3.60. The molecule has 142 valence electrons. The molecule has 2 atom stereocenters. The number of fused-ring (bicyclic) bond motifs is 1. The van der Waals surface area contributed by atoms with Crippen molar-refractivity contribution in [1.82, 2.24) is 10.2 Å². The van der Waals surface area contributed by atoms with Crippen LogP contribution in [0.25, 0.3) is 0 Å². The van der Waals surface area contributed by atoms with E-state index in [0.717, 1.165) is 4.90 Å². The Bertz CT molecular complexity index is 943. The molecule has 2 amide bonds. The van der Waals surface area contributed by atoms with Crippen molar-refractivity contribution in [3.63, 3.8) is 0 Å². The van der Waals surface area contributed by atoms with E-state index in [1.54, 1.807) is 30.3 Å². The highest BCUT2D eigenvalue weighted by Crippen LogP contribution is 2.47. The predicted molar refractivity (Wildman–Crippen MR) is 93.1 cm³/mol. The zero-order valence-electron chi connectivity index (χ0n) is 14.9. The van der Waals surface area contributed by atoms with Gasteiger partial charge in [-0.1, -0.05) is 18.2 Å². The van der Waals surface area contributed by atoms with E-state index < -0.39 is 35.3 Å². The van der Waals surface area contributed by atoms with Crippen LogP contribution >= 0.6 is 0 Å². The third-order valence-corrected chi connectivity index (χ3v) is 4.82. The Morgan fingerprint density at radius 2 is 1.96 bits per heavy atom. The number of carbonyl (C=O) groups excluding carboxylic acids is 2. The maximum atomic E-state index is 12.5. The number of β-lactam (4-membered cyclic amide) rings is 1. The molecule has 0 aromatic heterocycles. The maximum Gasteiger partial charge on any atom is 0.352 e. The first kappa shape index (κ1) is 18.9. The molecule has 2 N–H and O–H groups in total. The predicted octanol–water partition coefficient (Wildman–Crippen LogP) is 0.557. The number of aliphatic carboxylic acids is 1. The summed E-state index contributed by atoms with van der Waals surface area (Å²) in [5.74, 6) is -2.15. The van der Waals surface area contributed by atoms with Crippen molar-refractivity contribution in [2.24, 2.45) is 5.41 Å². The van der Waals surface area contributed by atoms with Crippen LogP contribution in [0.2, 0.25) is 0 Å². The fourth-order valence-electron chi connectivity index (χ4n) is 3.60. The van der Waals surface area contributed by atoms with Crippen LogP contribution in [0.5, 0.6) is 5.75 Å². The molecule has 0 saturated carbocycles. The number of carboxylic acid groups (broad SMARTS) is 1. The third kappa shape index (κ3) is 2.93. The lowest BCUT2D eigenvalue weighted by Gasteiger charge is -2.54. The summed E-state index contributed by atoms with van der Waals surface area (Å²) in [7, 11) is 0. The molecule has 0 radical (unpaired) electrons. The molecular formula is C19H16N4O5. The van der Waals surface area contributed by atoms with E-state index in [-0.39, 0.29) is 24.3 Å². The van der Waals surface area contributed by atoms with E-state index in [1.165, 1.54) is 6.92 Å². The molecule has 0 unspecified atom stereocenters. The number of ether oxygens (including phenoxy) is 1. The molecule has 9 nitrogen and oxygen atoms in total. The number of allylic oxidation sites excluding steroid dienone is 1. The highest BCUT2D eigenvalue weighted by Gasteiger charge is 2.64. The Balaban J connectivity index is 1.79. The molecule has 0 bridgehead atoms. The molecule has 1 saturated heterocycles. The largest absolute Gasteiger partial charge is 0.484 e. The summed E-state index contributed by atoms with van der Waals surface area (Å²) in [5.41, 5.74) is -1.63. The number of amides is 2. The molecule has 1 aromatic carbocycles. The lowest BCUT2D eigenvalue weighted by atomic mass is 9.66. The van der Waals surface area contributed by atoms with E-state index in [9.17, 15) is 30.0 Å². The summed E-state index contributed by atoms with van der Waals surface area (Å²) in [6.07, 6.45) is -0.122. The Labute approximate surface area is 160 Å². The Morgan fingerprint density at radius 3 is 2.54 bits per heavy atom. The Morgan fingerprint density at radius 1 is 1.32 bits per heavy atom. The molecule has 1 fully saturated rings. The van der Waals surface area contributed by atoms with Crippen molar-refractivity contribution in [1.29, 1.82) is 10.5 Å². The van der Waals surface area contributed by atoms with E-state index in [1.807, 2.05) is 12.1 Å². The summed E-state index contributed by atoms with van der Waals surface area (Å²) in [5, 5.41) is 31.0. The second kappa shape index (κ2) is 7.05. The van der Waals surface area contributed by atoms with Gasteiger partial charge < -0.3 is 15.2 Å². The number of nitriles is 2. The van der Waals surface area contributed by atoms with Gasteiger partial charge in [0, 0.05) is 6.42 Å². The molecule has 0 spiro atoms. The van der Waals surface area contributed by atoms with Gasteiger partial charge >= 0.3 is 5.97 Å². The minimum Gasteiger partial charge on any atom is -0.484 e. The van der Waals surface area contributed by atoms with Crippen molar-refractivity contribution in [2.75, 3.05) is 6.61 Å². The summed E-state index contributed by atoms with van der Waals surface area (Å²) in [6, 6.07) is 10.1. The monoisotopic (exact) mass is 380 g/mol. The molecule has 1 aromatic rings. The number of hydrogen-bond acceptors (Lipinski definition) is 6. The number of carboxylic acids is 1. The van der Waals surface area contributed by atoms with Gasteiger partial charge in [-0.3, -0.25) is 14.5 Å². The van der Waals surface area contributed by atoms with Gasteiger partial charge in [0.1, 0.15) is 17.5 Å². The Kier molecular flexibility index (Phi) is 4.76. The average molecular weight is 380 g/mol. The number of rotatable bonds is 5. The van der Waals surface area contributed by atoms with Crippen LogP contribution in [0.3, 0.4) is 0 Å². The summed E-state index contributed by atoms with van der Waals surface area (Å²) in [6.45, 7) is 1.10. The van der Waals surface area contributed by atoms with Crippen molar-refractivity contribution < 1.29 is 24.2 Å². The molecular weight excluding hydrogens is 364 g/mol. The molecule has 3 rings (SSSR count). The van der Waals surface area contributed by atoms with E-state index >= 15 is 0 Å². The normalized spacial score (nSPS) is 22.2. The first-order valence-electron chi connectivity index (χ1n) is 8.40. The second-order valence-electron chi connectivity index (χ2n) is 6.61. The van der Waals surface area contributed by atoms with Crippen molar-refractivity contribution in [2.45, 2.75) is 25.4 Å². The number of nitrogens with zero attached hydrogens (tertiary/aromatic N) is 3. The fraction of sp³-hybridized carbons (Fsp3) is 0.316. The van der Waals surface area contributed by atoms with Crippen LogP contribution in [-0.4, -0.2) is 46.5 Å². The van der Waals surface area contributed by atoms with Crippen molar-refractivity contribution in [3.05, 3.63) is 41.6 Å². The number of benzene rings is 1. The topological polar surface area (TPSA) is 144 Å². The quantitative estimate of drug-likeness (QED) is 0.710. The van der Waals surface area contributed by atoms with Gasteiger partial charge in [-0.05, 0) is 24.6 Å². The summed E-state index contributed by atoms with van der Waals surface area (Å²) >= 11 is 0. The first-order valence-corrected chi connectivity index (χ1v) is 8.40. The van der Waals surface area contributed by atoms with Crippen LogP contribution in [-0.2, 0) is 14.4 Å². The summed E-state index contributed by atoms with van der Waals surface area (Å²) < 4.78 is 5.32. The summed E-state index contributed by atoms with van der Waals surface area (Å²) in [4.78, 5) is 37.2. The van der Waals surface area contributed by atoms with Gasteiger partial charge in [0.25, 0.3) is 11.8 Å². The molecule has 28 heavy (non-hydrogen) atoms. The van der Waals surface area contributed by atoms with E-state index in [4.69, 9.17) is 4.74 Å². The number of hydrogen-bond donors (Lipinski definition) is 2. The zero-order valence-corrected chi connectivity index (χ0v) is 14.9. The SMILES string of the molecule is CC1=C(C(=O)O)N2C(=O)[C@@H](NC(=O)COc3ccccc3)[C@H]2C(C#N)(C#N)C1. The average Bonchev–Trinajstić information content (AvgIpc) is 2.70. The highest BCUT2D eigenvalue weighted by molar-refractivity contribution is 6.02. The van der Waals surface area contributed by atoms with Crippen LogP contribution < -0.4 is 10.1 Å². The van der Waals surface area contributed by atoms with Crippen LogP contribution in [0.4, 0.5) is 0 Å². The smallest absolute Gasteiger partial charge is 0.352 e. The van der Waals surface area contributed by atoms with Gasteiger partial charge in [-0.2, -0.15) is 10.5 Å². The lowest BCUT2D eigenvalue weighted by molar-refractivity contribution is -0.160. The minimum absolute atomic E-state index is 0.122. The molecule has 2 aliphatic rings. The third-order valence-electron chi connectivity index (χ3n) is 4.82. The van der Waals surface area contributed by atoms with E-state index in [0.29, 0.717) is 5.75 Å². The number of nitrogens with one attached hydrogen (secondary N) is 1. The van der Waals surface area contributed by atoms with Crippen LogP contribution in [0, 0.1) is 28.1 Å². The van der Waals surface area contributed by atoms with Gasteiger partial charge in [0.15, 0.2) is 12.0 Å². The van der Waals surface area contributed by atoms with Crippen LogP contribution in [0.1, 0.15) is 13.3 Å². The second-order valence-corrected chi connectivity index (χ2v) is 6.61.